The van der Waals surface area contributed by atoms with Crippen LogP contribution < -0.4 is 5.43 Å². The molecule has 1 unspecified atom stereocenters. The summed E-state index contributed by atoms with van der Waals surface area (Å²) in [4.78, 5) is 11.6. The molecule has 4 rings (SSSR count). The lowest BCUT2D eigenvalue weighted by atomic mass is 9.69. The third kappa shape index (κ3) is 4.31. The van der Waals surface area contributed by atoms with E-state index in [0.29, 0.717) is 11.3 Å². The van der Waals surface area contributed by atoms with Gasteiger partial charge in [-0.3, -0.25) is 5.43 Å². The number of hydrogen-bond donors (Lipinski definition) is 1. The highest BCUT2D eigenvalue weighted by Gasteiger charge is 2.33. The zero-order valence-electron chi connectivity index (χ0n) is 18.3. The molecule has 0 bridgehead atoms. The van der Waals surface area contributed by atoms with E-state index in [0.717, 1.165) is 34.4 Å². The molecule has 156 valence electrons. The second kappa shape index (κ2) is 8.68. The quantitative estimate of drug-likeness (QED) is 0.356. The molecule has 0 amide bonds. The summed E-state index contributed by atoms with van der Waals surface area (Å²) in [5.41, 5.74) is 7.23. The van der Waals surface area contributed by atoms with Crippen molar-refractivity contribution in [3.63, 3.8) is 0 Å². The summed E-state index contributed by atoms with van der Waals surface area (Å²) in [7, 11) is 0. The Labute approximate surface area is 183 Å². The summed E-state index contributed by atoms with van der Waals surface area (Å²) < 4.78 is 0. The Morgan fingerprint density at radius 1 is 1.27 bits per heavy atom. The summed E-state index contributed by atoms with van der Waals surface area (Å²) in [6, 6.07) is 10.3. The van der Waals surface area contributed by atoms with E-state index >= 15 is 0 Å². The molecule has 0 radical (unpaired) electrons. The highest BCUT2D eigenvalue weighted by atomic mass is 32.1. The predicted octanol–water partition coefficient (Wildman–Crippen LogP) is 6.73. The average Bonchev–Trinajstić information content (AvgIpc) is 3.13. The van der Waals surface area contributed by atoms with Crippen molar-refractivity contribution in [1.29, 1.82) is 0 Å². The highest BCUT2D eigenvalue weighted by molar-refractivity contribution is 7.19. The summed E-state index contributed by atoms with van der Waals surface area (Å²) in [5, 5.41) is 5.63. The van der Waals surface area contributed by atoms with Gasteiger partial charge < -0.3 is 0 Å². The van der Waals surface area contributed by atoms with E-state index in [4.69, 9.17) is 0 Å². The minimum atomic E-state index is 0.354. The van der Waals surface area contributed by atoms with Crippen LogP contribution in [-0.4, -0.2) is 16.2 Å². The fourth-order valence-electron chi connectivity index (χ4n) is 4.19. The van der Waals surface area contributed by atoms with Crippen LogP contribution in [0.15, 0.2) is 47.3 Å². The highest BCUT2D eigenvalue weighted by Crippen LogP contribution is 2.45. The van der Waals surface area contributed by atoms with Crippen LogP contribution in [0.25, 0.3) is 16.3 Å². The first kappa shape index (κ1) is 20.7. The summed E-state index contributed by atoms with van der Waals surface area (Å²) in [6.07, 6.45) is 10.3. The number of benzene rings is 1. The van der Waals surface area contributed by atoms with Gasteiger partial charge in [-0.1, -0.05) is 63.6 Å². The molecule has 0 spiro atoms. The first-order valence-electron chi connectivity index (χ1n) is 10.8. The van der Waals surface area contributed by atoms with Crippen molar-refractivity contribution in [3.05, 3.63) is 58.2 Å². The molecule has 1 aromatic carbocycles. The van der Waals surface area contributed by atoms with Gasteiger partial charge >= 0.3 is 0 Å². The van der Waals surface area contributed by atoms with Gasteiger partial charge in [-0.25, -0.2) is 9.97 Å². The van der Waals surface area contributed by atoms with E-state index in [1.54, 1.807) is 6.33 Å². The molecule has 30 heavy (non-hydrogen) atoms. The standard InChI is InChI=1S/C25H30N4S/c1-5-25(3,4)19-11-12-21-20(14-19)22-23(26-16-27-24(22)30-21)29-28-15-17(2)13-18-9-7-6-8-10-18/h6-10,13,15-16,19H,5,11-12,14H2,1-4H3,(H,26,27,29)/b17-13+,28-15+. The van der Waals surface area contributed by atoms with Gasteiger partial charge in [0, 0.05) is 4.88 Å². The van der Waals surface area contributed by atoms with E-state index in [-0.39, 0.29) is 0 Å². The second-order valence-corrected chi connectivity index (χ2v) is 9.94. The number of allylic oxidation sites excluding steroid dienone is 1. The lowest BCUT2D eigenvalue weighted by molar-refractivity contribution is 0.184. The van der Waals surface area contributed by atoms with Crippen LogP contribution in [-0.2, 0) is 12.8 Å². The maximum absolute atomic E-state index is 4.56. The number of aryl methyl sites for hydroxylation is 1. The Morgan fingerprint density at radius 2 is 2.07 bits per heavy atom. The Kier molecular flexibility index (Phi) is 6.00. The molecular formula is C25H30N4S. The van der Waals surface area contributed by atoms with E-state index in [1.807, 2.05) is 35.8 Å². The molecule has 0 saturated heterocycles. The first-order valence-corrected chi connectivity index (χ1v) is 11.6. The lowest BCUT2D eigenvalue weighted by Crippen LogP contribution is -2.28. The normalized spacial score (nSPS) is 17.5. The van der Waals surface area contributed by atoms with Crippen LogP contribution >= 0.6 is 11.3 Å². The minimum absolute atomic E-state index is 0.354. The number of nitrogens with zero attached hydrogens (tertiary/aromatic N) is 3. The second-order valence-electron chi connectivity index (χ2n) is 8.86. The maximum atomic E-state index is 4.56. The summed E-state index contributed by atoms with van der Waals surface area (Å²) in [5.74, 6) is 1.51. The number of thiophene rings is 1. The number of hydrogen-bond acceptors (Lipinski definition) is 5. The molecule has 4 nitrogen and oxygen atoms in total. The summed E-state index contributed by atoms with van der Waals surface area (Å²) in [6.45, 7) is 9.16. The number of fused-ring (bicyclic) bond motifs is 3. The molecule has 0 fully saturated rings. The van der Waals surface area contributed by atoms with Crippen molar-refractivity contribution in [3.8, 4) is 0 Å². The maximum Gasteiger partial charge on any atom is 0.158 e. The molecule has 5 heteroatoms. The van der Waals surface area contributed by atoms with Crippen LogP contribution in [0.4, 0.5) is 5.82 Å². The topological polar surface area (TPSA) is 50.2 Å². The fraction of sp³-hybridized carbons (Fsp3) is 0.400. The summed E-state index contributed by atoms with van der Waals surface area (Å²) >= 11 is 1.82. The van der Waals surface area contributed by atoms with Gasteiger partial charge in [0.25, 0.3) is 0 Å². The molecule has 1 atom stereocenters. The van der Waals surface area contributed by atoms with Gasteiger partial charge in [-0.15, -0.1) is 11.3 Å². The number of nitrogens with one attached hydrogen (secondary N) is 1. The van der Waals surface area contributed by atoms with Crippen molar-refractivity contribution in [1.82, 2.24) is 9.97 Å². The molecular weight excluding hydrogens is 388 g/mol. The van der Waals surface area contributed by atoms with Crippen molar-refractivity contribution in [2.45, 2.75) is 53.4 Å². The smallest absolute Gasteiger partial charge is 0.158 e. The molecule has 0 aliphatic heterocycles. The van der Waals surface area contributed by atoms with Crippen LogP contribution in [0.3, 0.4) is 0 Å². The average molecular weight is 419 g/mol. The SMILES string of the molecule is CCC(C)(C)C1CCc2sc3ncnc(N/N=C/C(C)=C/c4ccccc4)c3c2C1. The number of hydrazone groups is 1. The Bertz CT molecular complexity index is 1080. The van der Waals surface area contributed by atoms with Gasteiger partial charge in [0.1, 0.15) is 11.2 Å². The number of aromatic nitrogens is 2. The third-order valence-electron chi connectivity index (χ3n) is 6.49. The predicted molar refractivity (Wildman–Crippen MR) is 129 cm³/mol. The van der Waals surface area contributed by atoms with E-state index in [1.165, 1.54) is 28.8 Å². The first-order chi connectivity index (χ1) is 14.5. The molecule has 2 heterocycles. The van der Waals surface area contributed by atoms with Gasteiger partial charge in [-0.2, -0.15) is 5.10 Å². The van der Waals surface area contributed by atoms with Crippen molar-refractivity contribution < 1.29 is 0 Å². The fourth-order valence-corrected chi connectivity index (χ4v) is 5.38. The van der Waals surface area contributed by atoms with Crippen LogP contribution in [0.2, 0.25) is 0 Å². The van der Waals surface area contributed by atoms with Crippen molar-refractivity contribution in [2.75, 3.05) is 5.43 Å². The molecule has 1 aliphatic carbocycles. The largest absolute Gasteiger partial charge is 0.261 e. The zero-order valence-corrected chi connectivity index (χ0v) is 19.1. The molecule has 1 N–H and O–H groups in total. The molecule has 2 aromatic heterocycles. The Balaban J connectivity index is 1.58. The van der Waals surface area contributed by atoms with E-state index in [9.17, 15) is 0 Å². The minimum Gasteiger partial charge on any atom is -0.261 e. The zero-order chi connectivity index (χ0) is 21.1. The van der Waals surface area contributed by atoms with Gasteiger partial charge in [-0.05, 0) is 54.2 Å². The van der Waals surface area contributed by atoms with Crippen molar-refractivity contribution in [2.24, 2.45) is 16.4 Å². The van der Waals surface area contributed by atoms with E-state index < -0.39 is 0 Å². The van der Waals surface area contributed by atoms with Crippen molar-refractivity contribution >= 4 is 39.7 Å². The van der Waals surface area contributed by atoms with E-state index in [2.05, 4.69) is 66.4 Å². The van der Waals surface area contributed by atoms with Crippen LogP contribution in [0.5, 0.6) is 0 Å². The molecule has 0 saturated carbocycles. The number of anilines is 1. The van der Waals surface area contributed by atoms with Gasteiger partial charge in [0.05, 0.1) is 11.6 Å². The van der Waals surface area contributed by atoms with Crippen LogP contribution in [0.1, 0.15) is 56.5 Å². The third-order valence-corrected chi connectivity index (χ3v) is 7.69. The Hall–Kier alpha value is -2.53. The number of rotatable bonds is 6. The van der Waals surface area contributed by atoms with Crippen LogP contribution in [0, 0.1) is 11.3 Å². The molecule has 1 aliphatic rings. The lowest BCUT2D eigenvalue weighted by Gasteiger charge is -2.36. The monoisotopic (exact) mass is 418 g/mol. The Morgan fingerprint density at radius 3 is 2.83 bits per heavy atom. The molecule has 3 aromatic rings. The van der Waals surface area contributed by atoms with Gasteiger partial charge in [0.15, 0.2) is 5.82 Å². The van der Waals surface area contributed by atoms with Gasteiger partial charge in [0.2, 0.25) is 0 Å².